The highest BCUT2D eigenvalue weighted by atomic mass is 16.5. The van der Waals surface area contributed by atoms with Gasteiger partial charge in [0.05, 0.1) is 6.10 Å². The second kappa shape index (κ2) is 40.7. The topological polar surface area (TPSA) is 64.6 Å². The van der Waals surface area contributed by atoms with E-state index in [1.54, 1.807) is 0 Å². The van der Waals surface area contributed by atoms with E-state index in [0.717, 1.165) is 58.0 Å². The van der Waals surface area contributed by atoms with Gasteiger partial charge in [0.2, 0.25) is 0 Å². The minimum atomic E-state index is -0.0106. The molecule has 0 aromatic heterocycles. The summed E-state index contributed by atoms with van der Waals surface area (Å²) in [4.78, 5) is 24.8. The van der Waals surface area contributed by atoms with Crippen molar-refractivity contribution in [2.45, 2.75) is 265 Å². The minimum Gasteiger partial charge on any atom is -0.463 e. The van der Waals surface area contributed by atoms with Crippen molar-refractivity contribution in [2.24, 2.45) is 0 Å². The molecule has 5 nitrogen and oxygen atoms in total. The van der Waals surface area contributed by atoms with Crippen molar-refractivity contribution in [1.82, 2.24) is 5.32 Å². The highest BCUT2D eigenvalue weighted by molar-refractivity contribution is 5.69. The molecule has 5 heteroatoms. The summed E-state index contributed by atoms with van der Waals surface area (Å²) < 4.78 is 11.6. The number of hydrogen-bond donors (Lipinski definition) is 1. The quantitative estimate of drug-likeness (QED) is 0.0506. The number of esters is 2. The third-order valence-electron chi connectivity index (χ3n) is 10.3. The molecule has 0 aromatic rings. The van der Waals surface area contributed by atoms with Crippen LogP contribution in [-0.2, 0) is 19.1 Å². The Morgan fingerprint density at radius 3 is 1.14 bits per heavy atom. The number of rotatable bonds is 41. The Labute approximate surface area is 313 Å². The van der Waals surface area contributed by atoms with Crippen LogP contribution in [0.1, 0.15) is 252 Å². The normalized spacial score (nSPS) is 12.6. The van der Waals surface area contributed by atoms with E-state index >= 15 is 0 Å². The van der Waals surface area contributed by atoms with Gasteiger partial charge in [-0.05, 0) is 84.2 Å². The molecule has 0 bridgehead atoms. The molecule has 0 saturated heterocycles. The van der Waals surface area contributed by atoms with Gasteiger partial charge in [0.15, 0.2) is 0 Å². The van der Waals surface area contributed by atoms with Crippen LogP contribution in [0.15, 0.2) is 0 Å². The van der Waals surface area contributed by atoms with Crippen LogP contribution >= 0.6 is 0 Å². The van der Waals surface area contributed by atoms with Crippen molar-refractivity contribution in [3.05, 3.63) is 0 Å². The smallest absolute Gasteiger partial charge is 0.306 e. The van der Waals surface area contributed by atoms with E-state index in [-0.39, 0.29) is 24.1 Å². The maximum absolute atomic E-state index is 12.6. The van der Waals surface area contributed by atoms with Gasteiger partial charge in [-0.3, -0.25) is 9.59 Å². The van der Waals surface area contributed by atoms with E-state index in [2.05, 4.69) is 26.1 Å². The molecule has 0 aliphatic carbocycles. The first-order valence-corrected chi connectivity index (χ1v) is 22.6. The average molecular weight is 708 g/mol. The number of carbonyl (C=O) groups is 2. The molecule has 0 fully saturated rings. The molecule has 0 aromatic carbocycles. The van der Waals surface area contributed by atoms with E-state index in [4.69, 9.17) is 9.47 Å². The lowest BCUT2D eigenvalue weighted by molar-refractivity contribution is -0.150. The Hall–Kier alpha value is -1.10. The number of hydrogen-bond acceptors (Lipinski definition) is 5. The Bertz CT molecular complexity index is 699. The zero-order valence-electron chi connectivity index (χ0n) is 34.5. The van der Waals surface area contributed by atoms with Crippen LogP contribution in [0.2, 0.25) is 0 Å². The van der Waals surface area contributed by atoms with Gasteiger partial charge in [0.25, 0.3) is 0 Å². The molecule has 0 saturated carbocycles. The summed E-state index contributed by atoms with van der Waals surface area (Å²) in [6, 6.07) is 0. The van der Waals surface area contributed by atoms with Crippen LogP contribution in [0.5, 0.6) is 0 Å². The van der Waals surface area contributed by atoms with E-state index < -0.39 is 0 Å². The van der Waals surface area contributed by atoms with Crippen molar-refractivity contribution in [1.29, 1.82) is 0 Å². The number of carbonyl (C=O) groups excluding carboxylic acids is 2. The van der Waals surface area contributed by atoms with Gasteiger partial charge in [0, 0.05) is 12.8 Å². The fourth-order valence-electron chi connectivity index (χ4n) is 6.94. The van der Waals surface area contributed by atoms with Gasteiger partial charge in [0.1, 0.15) is 6.10 Å². The summed E-state index contributed by atoms with van der Waals surface area (Å²) in [7, 11) is 0. The van der Waals surface area contributed by atoms with Crippen LogP contribution < -0.4 is 5.32 Å². The predicted molar refractivity (Wildman–Crippen MR) is 217 cm³/mol. The summed E-state index contributed by atoms with van der Waals surface area (Å²) in [6.45, 7) is 11.0. The SMILES string of the molecule is CCCCCCCCCC(C)OC(=O)CCCCCCCNCCCCCCCC(=O)OC(CCCCCCCC)CCCCCCCCC. The van der Waals surface area contributed by atoms with Crippen LogP contribution in [0, 0.1) is 0 Å². The average Bonchev–Trinajstić information content (AvgIpc) is 3.10. The molecule has 0 amide bonds. The maximum Gasteiger partial charge on any atom is 0.306 e. The lowest BCUT2D eigenvalue weighted by Gasteiger charge is -2.18. The van der Waals surface area contributed by atoms with Gasteiger partial charge < -0.3 is 14.8 Å². The first-order valence-electron chi connectivity index (χ1n) is 22.6. The molecule has 0 spiro atoms. The third-order valence-corrected chi connectivity index (χ3v) is 10.3. The largest absolute Gasteiger partial charge is 0.463 e. The summed E-state index contributed by atoms with van der Waals surface area (Å²) in [5.41, 5.74) is 0. The molecule has 0 aliphatic heterocycles. The summed E-state index contributed by atoms with van der Waals surface area (Å²) in [6.07, 6.45) is 42.0. The minimum absolute atomic E-state index is 0.0106. The monoisotopic (exact) mass is 708 g/mol. The fourth-order valence-corrected chi connectivity index (χ4v) is 6.94. The van der Waals surface area contributed by atoms with Crippen LogP contribution in [0.25, 0.3) is 0 Å². The molecular weight excluding hydrogens is 618 g/mol. The molecule has 0 rings (SSSR count). The molecule has 2 atom stereocenters. The molecule has 1 N–H and O–H groups in total. The van der Waals surface area contributed by atoms with Gasteiger partial charge >= 0.3 is 11.9 Å². The van der Waals surface area contributed by atoms with Gasteiger partial charge in [-0.15, -0.1) is 0 Å². The van der Waals surface area contributed by atoms with Crippen molar-refractivity contribution < 1.29 is 19.1 Å². The van der Waals surface area contributed by atoms with Crippen LogP contribution in [-0.4, -0.2) is 37.2 Å². The molecule has 0 heterocycles. The number of nitrogens with one attached hydrogen (secondary N) is 1. The molecule has 50 heavy (non-hydrogen) atoms. The lowest BCUT2D eigenvalue weighted by atomic mass is 10.0. The van der Waals surface area contributed by atoms with E-state index in [1.807, 2.05) is 6.92 Å². The van der Waals surface area contributed by atoms with Crippen molar-refractivity contribution in [3.63, 3.8) is 0 Å². The first kappa shape index (κ1) is 48.9. The summed E-state index contributed by atoms with van der Waals surface area (Å²) in [5, 5.41) is 3.60. The molecular formula is C45H89NO4. The van der Waals surface area contributed by atoms with Gasteiger partial charge in [-0.1, -0.05) is 168 Å². The highest BCUT2D eigenvalue weighted by Gasteiger charge is 2.14. The first-order chi connectivity index (χ1) is 24.5. The molecule has 0 aliphatic rings. The second-order valence-corrected chi connectivity index (χ2v) is 15.6. The summed E-state index contributed by atoms with van der Waals surface area (Å²) >= 11 is 0. The fraction of sp³-hybridized carbons (Fsp3) is 0.956. The lowest BCUT2D eigenvalue weighted by Crippen LogP contribution is -2.18. The van der Waals surface area contributed by atoms with E-state index in [0.29, 0.717) is 12.8 Å². The van der Waals surface area contributed by atoms with Crippen molar-refractivity contribution in [3.8, 4) is 0 Å². The molecule has 298 valence electrons. The molecule has 0 radical (unpaired) electrons. The zero-order chi connectivity index (χ0) is 36.6. The summed E-state index contributed by atoms with van der Waals surface area (Å²) in [5.74, 6) is 0.0257. The predicted octanol–water partition coefficient (Wildman–Crippen LogP) is 14.1. The number of unbranched alkanes of at least 4 members (excludes halogenated alkanes) is 25. The van der Waals surface area contributed by atoms with Crippen LogP contribution in [0.3, 0.4) is 0 Å². The highest BCUT2D eigenvalue weighted by Crippen LogP contribution is 2.19. The van der Waals surface area contributed by atoms with E-state index in [1.165, 1.54) is 167 Å². The Morgan fingerprint density at radius 1 is 0.400 bits per heavy atom. The van der Waals surface area contributed by atoms with Gasteiger partial charge in [-0.25, -0.2) is 0 Å². The Morgan fingerprint density at radius 2 is 0.720 bits per heavy atom. The zero-order valence-corrected chi connectivity index (χ0v) is 34.5. The Balaban J connectivity index is 3.70. The van der Waals surface area contributed by atoms with Crippen molar-refractivity contribution in [2.75, 3.05) is 13.1 Å². The van der Waals surface area contributed by atoms with Gasteiger partial charge in [-0.2, -0.15) is 0 Å². The standard InChI is InChI=1S/C45H89NO4/c1-5-8-11-14-17-21-28-35-42(4)49-44(47)38-31-24-19-26-33-40-46-41-34-27-20-25-32-39-45(48)50-43(36-29-22-16-13-10-7-3)37-30-23-18-15-12-9-6-2/h42-43,46H,5-41H2,1-4H3. The van der Waals surface area contributed by atoms with Crippen LogP contribution in [0.4, 0.5) is 0 Å². The third kappa shape index (κ3) is 38.1. The second-order valence-electron chi connectivity index (χ2n) is 15.6. The maximum atomic E-state index is 12.6. The molecule has 2 unspecified atom stereocenters. The Kier molecular flexibility index (Phi) is 39.8. The number of ether oxygens (including phenoxy) is 2. The van der Waals surface area contributed by atoms with Crippen molar-refractivity contribution >= 4 is 11.9 Å². The van der Waals surface area contributed by atoms with E-state index in [9.17, 15) is 9.59 Å².